The van der Waals surface area contributed by atoms with Crippen molar-refractivity contribution in [2.24, 2.45) is 0 Å². The molecule has 0 aliphatic rings. The molecule has 0 saturated heterocycles. The molecule has 0 heterocycles. The second kappa shape index (κ2) is 11.2. The number of nitrogens with one attached hydrogen (secondary N) is 2. The van der Waals surface area contributed by atoms with Crippen LogP contribution in [-0.2, 0) is 4.79 Å². The minimum absolute atomic E-state index is 0.165. The number of amides is 1. The van der Waals surface area contributed by atoms with Crippen LogP contribution < -0.4 is 10.6 Å². The fourth-order valence-electron chi connectivity index (χ4n) is 1.71. The zero-order valence-electron chi connectivity index (χ0n) is 12.0. The third-order valence-corrected chi connectivity index (χ3v) is 4.93. The van der Waals surface area contributed by atoms with Crippen LogP contribution in [0.3, 0.4) is 0 Å². The first-order valence-electron chi connectivity index (χ1n) is 7.02. The number of hydrogen-bond donors (Lipinski definition) is 2. The number of unbranched alkanes of at least 4 members (excludes halogenated alkanes) is 1. The van der Waals surface area contributed by atoms with Gasteiger partial charge < -0.3 is 10.6 Å². The molecule has 0 unspecified atom stereocenters. The first-order chi connectivity index (χ1) is 9.74. The summed E-state index contributed by atoms with van der Waals surface area (Å²) in [6.07, 6.45) is 3.67. The van der Waals surface area contributed by atoms with Gasteiger partial charge in [-0.1, -0.05) is 12.1 Å². The maximum Gasteiger partial charge on any atom is 0.220 e. The Morgan fingerprint density at radius 1 is 1.20 bits per heavy atom. The van der Waals surface area contributed by atoms with Gasteiger partial charge in [-0.3, -0.25) is 4.79 Å². The Morgan fingerprint density at radius 3 is 2.75 bits per heavy atom. The zero-order chi connectivity index (χ0) is 14.6. The van der Waals surface area contributed by atoms with E-state index in [-0.39, 0.29) is 5.91 Å². The highest BCUT2D eigenvalue weighted by Gasteiger charge is 2.01. The lowest BCUT2D eigenvalue weighted by Crippen LogP contribution is -2.25. The van der Waals surface area contributed by atoms with Crippen LogP contribution in [0, 0.1) is 0 Å². The van der Waals surface area contributed by atoms with E-state index in [0.29, 0.717) is 6.42 Å². The molecular weight excluding hydrogens is 336 g/mol. The minimum atomic E-state index is 0.165. The predicted molar refractivity (Wildman–Crippen MR) is 90.3 cm³/mol. The highest BCUT2D eigenvalue weighted by atomic mass is 79.9. The second-order valence-electron chi connectivity index (χ2n) is 4.54. The van der Waals surface area contributed by atoms with Gasteiger partial charge in [0, 0.05) is 22.3 Å². The third kappa shape index (κ3) is 7.92. The molecule has 1 aromatic carbocycles. The number of benzene rings is 1. The Balaban J connectivity index is 2.00. The van der Waals surface area contributed by atoms with Crippen LogP contribution in [0.5, 0.6) is 0 Å². The summed E-state index contributed by atoms with van der Waals surface area (Å²) < 4.78 is 1.16. The molecule has 1 amide bonds. The SMILES string of the molecule is CNCCCC(=O)NCCCCSc1ccccc1Br. The Labute approximate surface area is 134 Å². The fourth-order valence-corrected chi connectivity index (χ4v) is 3.29. The van der Waals surface area contributed by atoms with E-state index in [4.69, 9.17) is 0 Å². The van der Waals surface area contributed by atoms with E-state index < -0.39 is 0 Å². The smallest absolute Gasteiger partial charge is 0.220 e. The number of carbonyl (C=O) groups excluding carboxylic acids is 1. The highest BCUT2D eigenvalue weighted by Crippen LogP contribution is 2.27. The summed E-state index contributed by atoms with van der Waals surface area (Å²) >= 11 is 5.40. The Bertz CT molecular complexity index is 401. The molecule has 1 aromatic rings. The van der Waals surface area contributed by atoms with Crippen molar-refractivity contribution in [3.63, 3.8) is 0 Å². The van der Waals surface area contributed by atoms with Gasteiger partial charge in [-0.25, -0.2) is 0 Å². The summed E-state index contributed by atoms with van der Waals surface area (Å²) in [6, 6.07) is 8.27. The van der Waals surface area contributed by atoms with Crippen molar-refractivity contribution in [3.05, 3.63) is 28.7 Å². The van der Waals surface area contributed by atoms with Crippen molar-refractivity contribution < 1.29 is 4.79 Å². The van der Waals surface area contributed by atoms with Crippen molar-refractivity contribution in [2.75, 3.05) is 25.9 Å². The molecule has 5 heteroatoms. The van der Waals surface area contributed by atoms with E-state index in [1.165, 1.54) is 4.90 Å². The van der Waals surface area contributed by atoms with E-state index in [2.05, 4.69) is 44.8 Å². The molecule has 0 atom stereocenters. The van der Waals surface area contributed by atoms with Crippen LogP contribution in [0.15, 0.2) is 33.6 Å². The largest absolute Gasteiger partial charge is 0.356 e. The molecule has 3 nitrogen and oxygen atoms in total. The van der Waals surface area contributed by atoms with Gasteiger partial charge in [-0.15, -0.1) is 11.8 Å². The number of thioether (sulfide) groups is 1. The lowest BCUT2D eigenvalue weighted by molar-refractivity contribution is -0.121. The Kier molecular flexibility index (Phi) is 9.79. The molecule has 0 aliphatic heterocycles. The van der Waals surface area contributed by atoms with E-state index in [9.17, 15) is 4.79 Å². The summed E-state index contributed by atoms with van der Waals surface area (Å²) in [5, 5.41) is 6.01. The fraction of sp³-hybridized carbons (Fsp3) is 0.533. The topological polar surface area (TPSA) is 41.1 Å². The van der Waals surface area contributed by atoms with Gasteiger partial charge in [-0.05, 0) is 66.7 Å². The molecule has 20 heavy (non-hydrogen) atoms. The summed E-state index contributed by atoms with van der Waals surface area (Å²) in [5.74, 6) is 1.25. The molecule has 112 valence electrons. The normalized spacial score (nSPS) is 10.5. The average molecular weight is 359 g/mol. The monoisotopic (exact) mass is 358 g/mol. The summed E-state index contributed by atoms with van der Waals surface area (Å²) in [6.45, 7) is 1.69. The average Bonchev–Trinajstić information content (AvgIpc) is 2.45. The quantitative estimate of drug-likeness (QED) is 0.497. The van der Waals surface area contributed by atoms with Crippen LogP contribution in [0.4, 0.5) is 0 Å². The lowest BCUT2D eigenvalue weighted by Gasteiger charge is -2.06. The molecule has 0 saturated carbocycles. The third-order valence-electron chi connectivity index (χ3n) is 2.82. The number of carbonyl (C=O) groups is 1. The molecule has 0 aromatic heterocycles. The van der Waals surface area contributed by atoms with E-state index in [0.717, 1.165) is 42.6 Å². The van der Waals surface area contributed by atoms with Gasteiger partial charge in [0.15, 0.2) is 0 Å². The molecule has 1 rings (SSSR count). The van der Waals surface area contributed by atoms with Gasteiger partial charge in [0.25, 0.3) is 0 Å². The molecule has 2 N–H and O–H groups in total. The summed E-state index contributed by atoms with van der Waals surface area (Å²) in [5.41, 5.74) is 0. The van der Waals surface area contributed by atoms with Crippen molar-refractivity contribution >= 4 is 33.6 Å². The van der Waals surface area contributed by atoms with Gasteiger partial charge >= 0.3 is 0 Å². The maximum atomic E-state index is 11.5. The summed E-state index contributed by atoms with van der Waals surface area (Å²) in [4.78, 5) is 12.7. The predicted octanol–water partition coefficient (Wildman–Crippen LogP) is 3.44. The van der Waals surface area contributed by atoms with Gasteiger partial charge in [0.05, 0.1) is 0 Å². The molecule has 0 bridgehead atoms. The van der Waals surface area contributed by atoms with E-state index in [1.807, 2.05) is 24.9 Å². The maximum absolute atomic E-state index is 11.5. The number of hydrogen-bond acceptors (Lipinski definition) is 3. The molecular formula is C15H23BrN2OS. The zero-order valence-corrected chi connectivity index (χ0v) is 14.4. The van der Waals surface area contributed by atoms with Crippen molar-refractivity contribution in [3.8, 4) is 0 Å². The molecule has 0 spiro atoms. The molecule has 0 fully saturated rings. The van der Waals surface area contributed by atoms with Crippen LogP contribution in [0.1, 0.15) is 25.7 Å². The van der Waals surface area contributed by atoms with E-state index in [1.54, 1.807) is 0 Å². The first-order valence-corrected chi connectivity index (χ1v) is 8.80. The van der Waals surface area contributed by atoms with Crippen LogP contribution in [-0.4, -0.2) is 31.8 Å². The Morgan fingerprint density at radius 2 is 2.00 bits per heavy atom. The van der Waals surface area contributed by atoms with Gasteiger partial charge in [0.1, 0.15) is 0 Å². The molecule has 0 radical (unpaired) electrons. The Hall–Kier alpha value is -0.520. The van der Waals surface area contributed by atoms with Gasteiger partial charge in [0.2, 0.25) is 5.91 Å². The van der Waals surface area contributed by atoms with Crippen LogP contribution in [0.2, 0.25) is 0 Å². The van der Waals surface area contributed by atoms with Gasteiger partial charge in [-0.2, -0.15) is 0 Å². The van der Waals surface area contributed by atoms with Crippen molar-refractivity contribution in [1.29, 1.82) is 0 Å². The lowest BCUT2D eigenvalue weighted by atomic mass is 10.3. The van der Waals surface area contributed by atoms with Crippen LogP contribution >= 0.6 is 27.7 Å². The number of rotatable bonds is 10. The molecule has 0 aliphatic carbocycles. The van der Waals surface area contributed by atoms with E-state index >= 15 is 0 Å². The second-order valence-corrected chi connectivity index (χ2v) is 6.53. The minimum Gasteiger partial charge on any atom is -0.356 e. The van der Waals surface area contributed by atoms with Crippen molar-refractivity contribution in [2.45, 2.75) is 30.6 Å². The first kappa shape index (κ1) is 17.5. The van der Waals surface area contributed by atoms with Crippen molar-refractivity contribution in [1.82, 2.24) is 10.6 Å². The summed E-state index contributed by atoms with van der Waals surface area (Å²) in [7, 11) is 1.90. The number of halogens is 1. The standard InChI is InChI=1S/C15H23BrN2OS/c1-17-10-6-9-15(19)18-11-4-5-12-20-14-8-3-2-7-13(14)16/h2-3,7-8,17H,4-6,9-12H2,1H3,(H,18,19). The highest BCUT2D eigenvalue weighted by molar-refractivity contribution is 9.10. The van der Waals surface area contributed by atoms with Crippen LogP contribution in [0.25, 0.3) is 0 Å².